The third-order valence-corrected chi connectivity index (χ3v) is 3.58. The summed E-state index contributed by atoms with van der Waals surface area (Å²) < 4.78 is 0. The molecule has 0 bridgehead atoms. The first-order valence-electron chi connectivity index (χ1n) is 6.89. The molecule has 98 valence electrons. The van der Waals surface area contributed by atoms with E-state index in [-0.39, 0.29) is 6.03 Å². The minimum atomic E-state index is -0.0730. The summed E-state index contributed by atoms with van der Waals surface area (Å²) in [6.07, 6.45) is 7.29. The number of para-hydroxylation sites is 1. The minimum Gasteiger partial charge on any atom is -0.335 e. The van der Waals surface area contributed by atoms with Crippen LogP contribution >= 0.6 is 0 Å². The fraction of sp³-hybridized carbons (Fsp3) is 0.533. The molecule has 2 rings (SSSR count). The van der Waals surface area contributed by atoms with Gasteiger partial charge in [-0.1, -0.05) is 43.9 Å². The van der Waals surface area contributed by atoms with E-state index in [1.165, 1.54) is 25.7 Å². The second kappa shape index (κ2) is 6.43. The van der Waals surface area contributed by atoms with Gasteiger partial charge in [-0.3, -0.25) is 0 Å². The second-order valence-electron chi connectivity index (χ2n) is 5.10. The van der Waals surface area contributed by atoms with Crippen molar-refractivity contribution >= 4 is 11.7 Å². The van der Waals surface area contributed by atoms with Gasteiger partial charge < -0.3 is 10.6 Å². The molecule has 0 aromatic heterocycles. The number of amides is 2. The normalized spacial score (nSPS) is 16.9. The first kappa shape index (κ1) is 12.9. The van der Waals surface area contributed by atoms with Crippen molar-refractivity contribution in [2.45, 2.75) is 51.5 Å². The molecule has 0 radical (unpaired) electrons. The SMILES string of the molecule is Cc1ccccc1NC(=O)NC1CCCCCC1. The summed E-state index contributed by atoms with van der Waals surface area (Å²) >= 11 is 0. The van der Waals surface area contributed by atoms with Crippen molar-refractivity contribution in [1.29, 1.82) is 0 Å². The molecule has 2 amide bonds. The Labute approximate surface area is 109 Å². The number of carbonyl (C=O) groups excluding carboxylic acids is 1. The molecule has 0 atom stereocenters. The van der Waals surface area contributed by atoms with Crippen LogP contribution in [0.1, 0.15) is 44.1 Å². The fourth-order valence-corrected chi connectivity index (χ4v) is 2.48. The van der Waals surface area contributed by atoms with Crippen LogP contribution in [0.2, 0.25) is 0 Å². The van der Waals surface area contributed by atoms with E-state index >= 15 is 0 Å². The van der Waals surface area contributed by atoms with Gasteiger partial charge in [0.15, 0.2) is 0 Å². The molecule has 2 N–H and O–H groups in total. The third-order valence-electron chi connectivity index (χ3n) is 3.58. The van der Waals surface area contributed by atoms with Gasteiger partial charge in [-0.15, -0.1) is 0 Å². The van der Waals surface area contributed by atoms with E-state index in [2.05, 4.69) is 10.6 Å². The molecule has 1 aliphatic carbocycles. The van der Waals surface area contributed by atoms with Gasteiger partial charge in [0, 0.05) is 11.7 Å². The Balaban J connectivity index is 1.86. The van der Waals surface area contributed by atoms with Crippen LogP contribution in [-0.2, 0) is 0 Å². The lowest BCUT2D eigenvalue weighted by atomic mass is 10.1. The molecule has 0 aliphatic heterocycles. The largest absolute Gasteiger partial charge is 0.335 e. The zero-order valence-electron chi connectivity index (χ0n) is 11.0. The molecule has 1 fully saturated rings. The maximum absolute atomic E-state index is 11.9. The van der Waals surface area contributed by atoms with Gasteiger partial charge in [0.1, 0.15) is 0 Å². The van der Waals surface area contributed by atoms with E-state index in [1.807, 2.05) is 31.2 Å². The molecule has 1 aliphatic rings. The van der Waals surface area contributed by atoms with Crippen LogP contribution < -0.4 is 10.6 Å². The summed E-state index contributed by atoms with van der Waals surface area (Å²) in [7, 11) is 0. The van der Waals surface area contributed by atoms with Crippen LogP contribution in [0.3, 0.4) is 0 Å². The Morgan fingerprint density at radius 2 is 1.78 bits per heavy atom. The molecular weight excluding hydrogens is 224 g/mol. The highest BCUT2D eigenvalue weighted by molar-refractivity contribution is 5.90. The molecule has 0 saturated heterocycles. The van der Waals surface area contributed by atoms with Gasteiger partial charge in [-0.25, -0.2) is 4.79 Å². The standard InChI is InChI=1S/C15H22N2O/c1-12-8-6-7-11-14(12)17-15(18)16-13-9-4-2-3-5-10-13/h6-8,11,13H,2-5,9-10H2,1H3,(H2,16,17,18). The van der Waals surface area contributed by atoms with E-state index in [0.717, 1.165) is 24.1 Å². The molecule has 0 spiro atoms. The van der Waals surface area contributed by atoms with E-state index in [1.54, 1.807) is 0 Å². The second-order valence-corrected chi connectivity index (χ2v) is 5.10. The van der Waals surface area contributed by atoms with Crippen molar-refractivity contribution in [3.05, 3.63) is 29.8 Å². The predicted octanol–water partition coefficient (Wildman–Crippen LogP) is 3.84. The van der Waals surface area contributed by atoms with E-state index in [0.29, 0.717) is 6.04 Å². The number of aryl methyl sites for hydroxylation is 1. The number of benzene rings is 1. The van der Waals surface area contributed by atoms with Gasteiger partial charge in [-0.05, 0) is 31.4 Å². The number of hydrogen-bond donors (Lipinski definition) is 2. The van der Waals surface area contributed by atoms with Crippen molar-refractivity contribution in [1.82, 2.24) is 5.32 Å². The van der Waals surface area contributed by atoms with Crippen LogP contribution in [-0.4, -0.2) is 12.1 Å². The van der Waals surface area contributed by atoms with Crippen molar-refractivity contribution in [2.75, 3.05) is 5.32 Å². The Bertz CT molecular complexity index is 395. The summed E-state index contributed by atoms with van der Waals surface area (Å²) in [5, 5.41) is 6.01. The van der Waals surface area contributed by atoms with Crippen molar-refractivity contribution in [3.8, 4) is 0 Å². The highest BCUT2D eigenvalue weighted by Gasteiger charge is 2.14. The average molecular weight is 246 g/mol. The maximum Gasteiger partial charge on any atom is 0.319 e. The van der Waals surface area contributed by atoms with Crippen LogP contribution in [0.5, 0.6) is 0 Å². The predicted molar refractivity (Wildman–Crippen MR) is 74.8 cm³/mol. The number of anilines is 1. The highest BCUT2D eigenvalue weighted by atomic mass is 16.2. The van der Waals surface area contributed by atoms with Gasteiger partial charge >= 0.3 is 6.03 Å². The number of hydrogen-bond acceptors (Lipinski definition) is 1. The van der Waals surface area contributed by atoms with Gasteiger partial charge in [0.25, 0.3) is 0 Å². The Morgan fingerprint density at radius 3 is 2.44 bits per heavy atom. The Kier molecular flexibility index (Phi) is 4.62. The van der Waals surface area contributed by atoms with Crippen molar-refractivity contribution in [2.24, 2.45) is 0 Å². The van der Waals surface area contributed by atoms with Gasteiger partial charge in [-0.2, -0.15) is 0 Å². The number of rotatable bonds is 2. The number of urea groups is 1. The van der Waals surface area contributed by atoms with Gasteiger partial charge in [0.2, 0.25) is 0 Å². The summed E-state index contributed by atoms with van der Waals surface area (Å²) in [5.41, 5.74) is 1.98. The lowest BCUT2D eigenvalue weighted by molar-refractivity contribution is 0.247. The third kappa shape index (κ3) is 3.76. The molecule has 1 saturated carbocycles. The quantitative estimate of drug-likeness (QED) is 0.765. The zero-order chi connectivity index (χ0) is 12.8. The van der Waals surface area contributed by atoms with Crippen LogP contribution in [0.4, 0.5) is 10.5 Å². The molecule has 0 heterocycles. The molecule has 0 unspecified atom stereocenters. The van der Waals surface area contributed by atoms with Gasteiger partial charge in [0.05, 0.1) is 0 Å². The fourth-order valence-electron chi connectivity index (χ4n) is 2.48. The van der Waals surface area contributed by atoms with Crippen molar-refractivity contribution in [3.63, 3.8) is 0 Å². The monoisotopic (exact) mass is 246 g/mol. The lowest BCUT2D eigenvalue weighted by Crippen LogP contribution is -2.37. The molecule has 18 heavy (non-hydrogen) atoms. The Hall–Kier alpha value is -1.51. The molecule has 3 nitrogen and oxygen atoms in total. The molecule has 1 aromatic rings. The summed E-state index contributed by atoms with van der Waals surface area (Å²) in [5.74, 6) is 0. The zero-order valence-corrected chi connectivity index (χ0v) is 11.0. The highest BCUT2D eigenvalue weighted by Crippen LogP contribution is 2.18. The number of carbonyl (C=O) groups is 1. The maximum atomic E-state index is 11.9. The van der Waals surface area contributed by atoms with E-state index in [4.69, 9.17) is 0 Å². The van der Waals surface area contributed by atoms with Crippen LogP contribution in [0.25, 0.3) is 0 Å². The van der Waals surface area contributed by atoms with E-state index < -0.39 is 0 Å². The number of nitrogens with one attached hydrogen (secondary N) is 2. The molecule has 1 aromatic carbocycles. The minimum absolute atomic E-state index is 0.0730. The van der Waals surface area contributed by atoms with Crippen molar-refractivity contribution < 1.29 is 4.79 Å². The first-order valence-corrected chi connectivity index (χ1v) is 6.89. The molecular formula is C15H22N2O. The topological polar surface area (TPSA) is 41.1 Å². The smallest absolute Gasteiger partial charge is 0.319 e. The average Bonchev–Trinajstić information content (AvgIpc) is 2.61. The van der Waals surface area contributed by atoms with Crippen LogP contribution in [0, 0.1) is 6.92 Å². The summed E-state index contributed by atoms with van der Waals surface area (Å²) in [6.45, 7) is 2.00. The molecule has 3 heteroatoms. The summed E-state index contributed by atoms with van der Waals surface area (Å²) in [6, 6.07) is 8.12. The van der Waals surface area contributed by atoms with Crippen LogP contribution in [0.15, 0.2) is 24.3 Å². The summed E-state index contributed by atoms with van der Waals surface area (Å²) in [4.78, 5) is 11.9. The Morgan fingerprint density at radius 1 is 1.11 bits per heavy atom. The lowest BCUT2D eigenvalue weighted by Gasteiger charge is -2.17. The van der Waals surface area contributed by atoms with E-state index in [9.17, 15) is 4.79 Å². The first-order chi connectivity index (χ1) is 8.75.